The molecule has 1 N–H and O–H groups in total. The van der Waals surface area contributed by atoms with Crippen LogP contribution in [0.15, 0.2) is 12.1 Å². The number of nitrogens with one attached hydrogen (secondary N) is 1. The lowest BCUT2D eigenvalue weighted by atomic mass is 9.93. The van der Waals surface area contributed by atoms with E-state index < -0.39 is 0 Å². The van der Waals surface area contributed by atoms with E-state index in [9.17, 15) is 0 Å². The molecule has 1 fully saturated rings. The van der Waals surface area contributed by atoms with Crippen molar-refractivity contribution in [1.29, 1.82) is 0 Å². The number of anilines is 1. The Morgan fingerprint density at radius 2 is 2.30 bits per heavy atom. The second-order valence-corrected chi connectivity index (χ2v) is 6.11. The Kier molecular flexibility index (Phi) is 5.35. The predicted octanol–water partition coefficient (Wildman–Crippen LogP) is 1.07. The number of likely N-dealkylation sites (tertiary alicyclic amines) is 1. The highest BCUT2D eigenvalue weighted by Gasteiger charge is 2.26. The average Bonchev–Trinajstić information content (AvgIpc) is 3.02. The quantitative estimate of drug-likeness (QED) is 0.765. The van der Waals surface area contributed by atoms with Gasteiger partial charge in [0.05, 0.1) is 0 Å². The highest BCUT2D eigenvalue weighted by molar-refractivity contribution is 5.42. The molecule has 8 heteroatoms. The van der Waals surface area contributed by atoms with Crippen LogP contribution in [0.25, 0.3) is 5.65 Å². The van der Waals surface area contributed by atoms with Gasteiger partial charge in [-0.15, -0.1) is 14.8 Å². The van der Waals surface area contributed by atoms with Crippen LogP contribution in [-0.2, 0) is 4.74 Å². The van der Waals surface area contributed by atoms with Crippen LogP contribution in [0.4, 0.5) is 5.82 Å². The van der Waals surface area contributed by atoms with Crippen molar-refractivity contribution in [1.82, 2.24) is 30.2 Å². The van der Waals surface area contributed by atoms with Crippen molar-refractivity contribution < 1.29 is 4.74 Å². The lowest BCUT2D eigenvalue weighted by Crippen LogP contribution is -2.45. The zero-order valence-corrected chi connectivity index (χ0v) is 13.9. The summed E-state index contributed by atoms with van der Waals surface area (Å²) in [6.07, 6.45) is 2.22. The molecule has 2 aromatic rings. The third-order valence-corrected chi connectivity index (χ3v) is 4.36. The number of nitrogens with zero attached hydrogens (tertiary/aromatic N) is 6. The summed E-state index contributed by atoms with van der Waals surface area (Å²) in [4.78, 5) is 2.53. The largest absolute Gasteiger partial charge is 0.382 e. The Morgan fingerprint density at radius 1 is 1.39 bits per heavy atom. The van der Waals surface area contributed by atoms with E-state index in [1.165, 1.54) is 4.63 Å². The van der Waals surface area contributed by atoms with E-state index in [0.29, 0.717) is 17.6 Å². The third kappa shape index (κ3) is 4.14. The van der Waals surface area contributed by atoms with Crippen molar-refractivity contribution in [3.63, 3.8) is 0 Å². The molecule has 23 heavy (non-hydrogen) atoms. The Balaban J connectivity index is 1.50. The van der Waals surface area contributed by atoms with Gasteiger partial charge in [0.2, 0.25) is 0 Å². The molecule has 0 saturated carbocycles. The van der Waals surface area contributed by atoms with E-state index in [-0.39, 0.29) is 0 Å². The summed E-state index contributed by atoms with van der Waals surface area (Å²) in [5.41, 5.74) is 0.660. The molecule has 0 radical (unpaired) electrons. The third-order valence-electron chi connectivity index (χ3n) is 4.36. The van der Waals surface area contributed by atoms with E-state index in [2.05, 4.69) is 37.8 Å². The fourth-order valence-corrected chi connectivity index (χ4v) is 3.10. The van der Waals surface area contributed by atoms with E-state index in [0.717, 1.165) is 51.5 Å². The number of piperidine rings is 1. The number of tetrazole rings is 1. The van der Waals surface area contributed by atoms with Gasteiger partial charge in [0.25, 0.3) is 0 Å². The summed E-state index contributed by atoms with van der Waals surface area (Å²) >= 11 is 0. The van der Waals surface area contributed by atoms with Crippen molar-refractivity contribution in [2.45, 2.75) is 32.7 Å². The maximum Gasteiger partial charge on any atom is 0.200 e. The lowest BCUT2D eigenvalue weighted by molar-refractivity contribution is 0.117. The second kappa shape index (κ2) is 7.65. The molecule has 0 bridgehead atoms. The second-order valence-electron chi connectivity index (χ2n) is 6.11. The minimum atomic E-state index is 0.430. The molecule has 2 unspecified atom stereocenters. The van der Waals surface area contributed by atoms with Crippen LogP contribution in [0.2, 0.25) is 0 Å². The van der Waals surface area contributed by atoms with Crippen LogP contribution in [0.3, 0.4) is 0 Å². The minimum Gasteiger partial charge on any atom is -0.382 e. The van der Waals surface area contributed by atoms with Gasteiger partial charge < -0.3 is 15.0 Å². The Morgan fingerprint density at radius 3 is 3.13 bits per heavy atom. The number of hydrogen-bond donors (Lipinski definition) is 1. The van der Waals surface area contributed by atoms with Crippen LogP contribution in [0.1, 0.15) is 26.7 Å². The summed E-state index contributed by atoms with van der Waals surface area (Å²) in [5.74, 6) is 1.40. The van der Waals surface area contributed by atoms with Crippen LogP contribution in [0.5, 0.6) is 0 Å². The van der Waals surface area contributed by atoms with Gasteiger partial charge in [0.1, 0.15) is 5.82 Å². The van der Waals surface area contributed by atoms with Gasteiger partial charge in [-0.05, 0) is 48.2 Å². The van der Waals surface area contributed by atoms with Gasteiger partial charge in [0, 0.05) is 38.9 Å². The molecule has 1 saturated heterocycles. The molecule has 2 atom stereocenters. The first-order chi connectivity index (χ1) is 11.3. The fourth-order valence-electron chi connectivity index (χ4n) is 3.10. The van der Waals surface area contributed by atoms with Crippen LogP contribution < -0.4 is 5.32 Å². The van der Waals surface area contributed by atoms with Gasteiger partial charge in [0.15, 0.2) is 5.65 Å². The van der Waals surface area contributed by atoms with Crippen molar-refractivity contribution in [3.8, 4) is 0 Å². The molecule has 8 nitrogen and oxygen atoms in total. The van der Waals surface area contributed by atoms with E-state index >= 15 is 0 Å². The molecule has 3 heterocycles. The SMILES string of the molecule is CCOCCCN1CCC(Nc2ccc3nnnn3n2)C(C)C1. The van der Waals surface area contributed by atoms with Crippen LogP contribution in [0, 0.1) is 5.92 Å². The average molecular weight is 319 g/mol. The van der Waals surface area contributed by atoms with Gasteiger partial charge in [-0.1, -0.05) is 6.92 Å². The highest BCUT2D eigenvalue weighted by Crippen LogP contribution is 2.20. The number of aromatic nitrogens is 5. The first-order valence-electron chi connectivity index (χ1n) is 8.38. The maximum absolute atomic E-state index is 5.41. The number of ether oxygens (including phenoxy) is 1. The minimum absolute atomic E-state index is 0.430. The molecular formula is C15H25N7O. The molecule has 1 aliphatic rings. The predicted molar refractivity (Wildman–Crippen MR) is 87.3 cm³/mol. The van der Waals surface area contributed by atoms with Crippen molar-refractivity contribution in [2.75, 3.05) is 38.2 Å². The zero-order chi connectivity index (χ0) is 16.1. The standard InChI is InChI=1S/C15H25N7O/c1-3-23-10-4-8-21-9-7-13(12(2)11-21)16-14-5-6-15-17-19-20-22(15)18-14/h5-6,12-13H,3-4,7-11H2,1-2H3,(H,16,18). The van der Waals surface area contributed by atoms with Crippen molar-refractivity contribution >= 4 is 11.5 Å². The molecule has 0 amide bonds. The fraction of sp³-hybridized carbons (Fsp3) is 0.733. The van der Waals surface area contributed by atoms with Gasteiger partial charge >= 0.3 is 0 Å². The molecular weight excluding hydrogens is 294 g/mol. The summed E-state index contributed by atoms with van der Waals surface area (Å²) in [7, 11) is 0. The summed E-state index contributed by atoms with van der Waals surface area (Å²) in [6.45, 7) is 9.34. The Labute approximate surface area is 136 Å². The Bertz CT molecular complexity index is 617. The van der Waals surface area contributed by atoms with Gasteiger partial charge in [-0.3, -0.25) is 0 Å². The number of fused-ring (bicyclic) bond motifs is 1. The summed E-state index contributed by atoms with van der Waals surface area (Å²) in [5, 5.41) is 19.2. The topological polar surface area (TPSA) is 80.5 Å². The maximum atomic E-state index is 5.41. The van der Waals surface area contributed by atoms with E-state index in [1.807, 2.05) is 19.1 Å². The first kappa shape index (κ1) is 16.1. The molecule has 0 aromatic carbocycles. The van der Waals surface area contributed by atoms with E-state index in [4.69, 9.17) is 4.74 Å². The van der Waals surface area contributed by atoms with Crippen LogP contribution in [-0.4, -0.2) is 69.0 Å². The van der Waals surface area contributed by atoms with E-state index in [1.54, 1.807) is 0 Å². The molecule has 0 spiro atoms. The van der Waals surface area contributed by atoms with Gasteiger partial charge in [-0.2, -0.15) is 0 Å². The smallest absolute Gasteiger partial charge is 0.200 e. The Hall–Kier alpha value is -1.80. The summed E-state index contributed by atoms with van der Waals surface area (Å²) in [6, 6.07) is 4.25. The first-order valence-corrected chi connectivity index (χ1v) is 8.38. The number of rotatable bonds is 7. The molecule has 0 aliphatic carbocycles. The lowest BCUT2D eigenvalue weighted by Gasteiger charge is -2.37. The highest BCUT2D eigenvalue weighted by atomic mass is 16.5. The zero-order valence-electron chi connectivity index (χ0n) is 13.9. The molecule has 1 aliphatic heterocycles. The molecule has 126 valence electrons. The molecule has 2 aromatic heterocycles. The summed E-state index contributed by atoms with van der Waals surface area (Å²) < 4.78 is 6.87. The monoisotopic (exact) mass is 319 g/mol. The van der Waals surface area contributed by atoms with Crippen molar-refractivity contribution in [3.05, 3.63) is 12.1 Å². The van der Waals surface area contributed by atoms with Gasteiger partial charge in [-0.25, -0.2) is 0 Å². The van der Waals surface area contributed by atoms with Crippen molar-refractivity contribution in [2.24, 2.45) is 5.92 Å². The normalized spacial score (nSPS) is 22.5. The molecule has 3 rings (SSSR count). The van der Waals surface area contributed by atoms with Crippen LogP contribution >= 0.6 is 0 Å². The number of hydrogen-bond acceptors (Lipinski definition) is 7.